The van der Waals surface area contributed by atoms with Crippen LogP contribution >= 0.6 is 23.8 Å². The van der Waals surface area contributed by atoms with Crippen molar-refractivity contribution >= 4 is 46.5 Å². The highest BCUT2D eigenvalue weighted by Gasteiger charge is 2.08. The number of halogens is 2. The maximum absolute atomic E-state index is 13.1. The molecule has 0 aliphatic carbocycles. The van der Waals surface area contributed by atoms with Crippen LogP contribution in [0.25, 0.3) is 0 Å². The Morgan fingerprint density at radius 2 is 1.63 bits per heavy atom. The molecule has 2 aromatic carbocycles. The van der Waals surface area contributed by atoms with Crippen molar-refractivity contribution in [3.05, 3.63) is 82.4 Å². The molecule has 3 rings (SSSR count). The van der Waals surface area contributed by atoms with Crippen molar-refractivity contribution in [3.63, 3.8) is 0 Å². The summed E-state index contributed by atoms with van der Waals surface area (Å²) in [5.41, 5.74) is 3.27. The minimum Gasteiger partial charge on any atom is -0.332 e. The van der Waals surface area contributed by atoms with Crippen LogP contribution in [0.1, 0.15) is 17.0 Å². The predicted molar refractivity (Wildman–Crippen MR) is 123 cm³/mol. The van der Waals surface area contributed by atoms with Gasteiger partial charge in [-0.15, -0.1) is 0 Å². The van der Waals surface area contributed by atoms with E-state index in [0.29, 0.717) is 29.2 Å². The number of aryl methyl sites for hydroxylation is 2. The van der Waals surface area contributed by atoms with Gasteiger partial charge in [0.25, 0.3) is 0 Å². The summed E-state index contributed by atoms with van der Waals surface area (Å²) in [4.78, 5) is 13.3. The van der Waals surface area contributed by atoms with Crippen LogP contribution in [0.3, 0.4) is 0 Å². The lowest BCUT2D eigenvalue weighted by atomic mass is 10.2. The van der Waals surface area contributed by atoms with Crippen molar-refractivity contribution in [1.82, 2.24) is 15.3 Å². The second-order valence-electron chi connectivity index (χ2n) is 6.48. The first-order chi connectivity index (χ1) is 14.4. The second kappa shape index (κ2) is 10.1. The molecule has 0 fully saturated rings. The van der Waals surface area contributed by atoms with Gasteiger partial charge in [-0.05, 0) is 74.1 Å². The van der Waals surface area contributed by atoms with E-state index in [9.17, 15) is 4.39 Å². The molecule has 6 nitrogen and oxygen atoms in total. The van der Waals surface area contributed by atoms with E-state index in [1.54, 1.807) is 24.3 Å². The van der Waals surface area contributed by atoms with E-state index < -0.39 is 0 Å². The maximum atomic E-state index is 13.1. The lowest BCUT2D eigenvalue weighted by molar-refractivity contribution is 0.628. The number of benzene rings is 2. The highest BCUT2D eigenvalue weighted by Crippen LogP contribution is 2.11. The fourth-order valence-electron chi connectivity index (χ4n) is 2.56. The average Bonchev–Trinajstić information content (AvgIpc) is 2.68. The molecule has 3 aromatic rings. The summed E-state index contributed by atoms with van der Waals surface area (Å²) in [6, 6.07) is 15.2. The molecule has 0 atom stereocenters. The van der Waals surface area contributed by atoms with Crippen molar-refractivity contribution in [2.75, 3.05) is 10.6 Å². The van der Waals surface area contributed by atoms with Crippen LogP contribution < -0.4 is 16.0 Å². The number of guanidine groups is 1. The van der Waals surface area contributed by atoms with E-state index in [4.69, 9.17) is 23.8 Å². The normalized spacial score (nSPS) is 11.1. The summed E-state index contributed by atoms with van der Waals surface area (Å²) in [7, 11) is 0. The van der Waals surface area contributed by atoms with E-state index >= 15 is 0 Å². The number of aromatic nitrogens is 2. The molecule has 30 heavy (non-hydrogen) atoms. The van der Waals surface area contributed by atoms with E-state index in [-0.39, 0.29) is 10.9 Å². The summed E-state index contributed by atoms with van der Waals surface area (Å²) in [5, 5.41) is 10.0. The van der Waals surface area contributed by atoms with Crippen molar-refractivity contribution in [1.29, 1.82) is 0 Å². The number of hydrogen-bond acceptors (Lipinski definition) is 4. The summed E-state index contributed by atoms with van der Waals surface area (Å²) in [6.45, 7) is 4.16. The monoisotopic (exact) mass is 442 g/mol. The lowest BCUT2D eigenvalue weighted by Crippen LogP contribution is -2.39. The number of nitrogens with one attached hydrogen (secondary N) is 3. The molecule has 0 saturated heterocycles. The molecule has 0 spiro atoms. The Morgan fingerprint density at radius 3 is 2.27 bits per heavy atom. The van der Waals surface area contributed by atoms with E-state index in [1.807, 2.05) is 32.0 Å². The molecular formula is C21H20ClFN6S. The van der Waals surface area contributed by atoms with Crippen molar-refractivity contribution in [2.45, 2.75) is 20.4 Å². The molecule has 0 aliphatic heterocycles. The van der Waals surface area contributed by atoms with Crippen LogP contribution in [0.2, 0.25) is 5.02 Å². The van der Waals surface area contributed by atoms with Gasteiger partial charge in [-0.25, -0.2) is 19.4 Å². The van der Waals surface area contributed by atoms with Crippen LogP contribution in [0, 0.1) is 19.7 Å². The van der Waals surface area contributed by atoms with Crippen LogP contribution in [0.4, 0.5) is 16.0 Å². The molecule has 0 amide bonds. The van der Waals surface area contributed by atoms with Gasteiger partial charge in [0, 0.05) is 22.1 Å². The average molecular weight is 443 g/mol. The molecule has 154 valence electrons. The molecule has 0 radical (unpaired) electrons. The Hall–Kier alpha value is -3.10. The second-order valence-corrected chi connectivity index (χ2v) is 7.32. The van der Waals surface area contributed by atoms with Crippen molar-refractivity contribution in [3.8, 4) is 0 Å². The van der Waals surface area contributed by atoms with Crippen LogP contribution in [-0.2, 0) is 6.54 Å². The molecule has 0 bridgehead atoms. The van der Waals surface area contributed by atoms with E-state index in [2.05, 4.69) is 30.9 Å². The Labute approximate surface area is 184 Å². The van der Waals surface area contributed by atoms with Gasteiger partial charge in [0.05, 0.1) is 6.54 Å². The third kappa shape index (κ3) is 6.75. The van der Waals surface area contributed by atoms with Crippen molar-refractivity contribution < 1.29 is 4.39 Å². The number of rotatable bonds is 4. The Balaban J connectivity index is 1.76. The maximum Gasteiger partial charge on any atom is 0.229 e. The van der Waals surface area contributed by atoms with Crippen LogP contribution in [0.5, 0.6) is 0 Å². The van der Waals surface area contributed by atoms with Gasteiger partial charge in [-0.3, -0.25) is 5.32 Å². The number of hydrogen-bond donors (Lipinski definition) is 3. The minimum atomic E-state index is -0.321. The number of nitrogens with zero attached hydrogens (tertiary/aromatic N) is 3. The van der Waals surface area contributed by atoms with Gasteiger partial charge < -0.3 is 10.6 Å². The topological polar surface area (TPSA) is 74.2 Å². The first kappa shape index (κ1) is 21.6. The number of anilines is 2. The van der Waals surface area contributed by atoms with Gasteiger partial charge in [-0.2, -0.15) is 0 Å². The van der Waals surface area contributed by atoms with Crippen molar-refractivity contribution in [2.24, 2.45) is 4.99 Å². The molecule has 1 heterocycles. The number of thiocarbonyl (C=S) groups is 1. The summed E-state index contributed by atoms with van der Waals surface area (Å²) >= 11 is 11.3. The smallest absolute Gasteiger partial charge is 0.229 e. The van der Waals surface area contributed by atoms with E-state index in [0.717, 1.165) is 17.0 Å². The SMILES string of the molecule is Cc1cc(C)nc(NC(=NCc2ccc(Cl)cc2)NC(=S)Nc2ccc(F)cc2)n1. The predicted octanol–water partition coefficient (Wildman–Crippen LogP) is 4.84. The first-order valence-corrected chi connectivity index (χ1v) is 9.88. The molecule has 1 aromatic heterocycles. The van der Waals surface area contributed by atoms with Crippen LogP contribution in [-0.4, -0.2) is 21.0 Å². The largest absolute Gasteiger partial charge is 0.332 e. The zero-order valence-electron chi connectivity index (χ0n) is 16.4. The summed E-state index contributed by atoms with van der Waals surface area (Å²) in [6.07, 6.45) is 0. The molecule has 3 N–H and O–H groups in total. The Kier molecular flexibility index (Phi) is 7.26. The zero-order chi connectivity index (χ0) is 21.5. The lowest BCUT2D eigenvalue weighted by Gasteiger charge is -2.14. The quantitative estimate of drug-likeness (QED) is 0.305. The van der Waals surface area contributed by atoms with Gasteiger partial charge in [-0.1, -0.05) is 23.7 Å². The van der Waals surface area contributed by atoms with Crippen LogP contribution in [0.15, 0.2) is 59.6 Å². The molecule has 0 saturated carbocycles. The third-order valence-electron chi connectivity index (χ3n) is 3.88. The highest BCUT2D eigenvalue weighted by atomic mass is 35.5. The highest BCUT2D eigenvalue weighted by molar-refractivity contribution is 7.80. The van der Waals surface area contributed by atoms with Gasteiger partial charge in [0.15, 0.2) is 5.11 Å². The van der Waals surface area contributed by atoms with Gasteiger partial charge in [0.1, 0.15) is 5.82 Å². The first-order valence-electron chi connectivity index (χ1n) is 9.09. The van der Waals surface area contributed by atoms with Gasteiger partial charge in [0.2, 0.25) is 11.9 Å². The molecule has 9 heteroatoms. The zero-order valence-corrected chi connectivity index (χ0v) is 18.0. The fraction of sp³-hybridized carbons (Fsp3) is 0.143. The van der Waals surface area contributed by atoms with Gasteiger partial charge >= 0.3 is 0 Å². The van der Waals surface area contributed by atoms with E-state index in [1.165, 1.54) is 12.1 Å². The molecule has 0 unspecified atom stereocenters. The fourth-order valence-corrected chi connectivity index (χ4v) is 2.90. The molecular weight excluding hydrogens is 423 g/mol. The third-order valence-corrected chi connectivity index (χ3v) is 4.34. The summed E-state index contributed by atoms with van der Waals surface area (Å²) in [5.74, 6) is 0.451. The molecule has 0 aliphatic rings. The summed E-state index contributed by atoms with van der Waals surface area (Å²) < 4.78 is 13.1. The number of aliphatic imine (C=N–C) groups is 1. The standard InChI is InChI=1S/C21H20ClFN6S/c1-13-11-14(2)26-20(25-13)28-19(24-12-15-3-5-16(22)6-4-15)29-21(30)27-18-9-7-17(23)8-10-18/h3-11H,12H2,1-2H3,(H3,24,25,26,27,28,29,30). The Morgan fingerprint density at radius 1 is 1.00 bits per heavy atom. The Bertz CT molecular complexity index is 1030. The minimum absolute atomic E-state index is 0.285.